The zero-order valence-electron chi connectivity index (χ0n) is 19.2. The summed E-state index contributed by atoms with van der Waals surface area (Å²) in [5.41, 5.74) is 3.78. The van der Waals surface area contributed by atoms with Gasteiger partial charge in [-0.25, -0.2) is 4.98 Å². The molecule has 1 N–H and O–H groups in total. The summed E-state index contributed by atoms with van der Waals surface area (Å²) in [6.45, 7) is 0. The number of rotatable bonds is 7. The van der Waals surface area contributed by atoms with E-state index in [4.69, 9.17) is 25.8 Å². The molecule has 1 amide bonds. The third-order valence-electron chi connectivity index (χ3n) is 5.24. The lowest BCUT2D eigenvalue weighted by Crippen LogP contribution is -2.34. The molecule has 4 rings (SSSR count). The Morgan fingerprint density at radius 1 is 0.971 bits per heavy atom. The highest BCUT2D eigenvalue weighted by Gasteiger charge is 2.19. The number of hydrogen-bond donors (Lipinski definition) is 1. The second-order valence-corrected chi connectivity index (χ2v) is 7.75. The quantitative estimate of drug-likeness (QED) is 0.382. The average Bonchev–Trinajstić information content (AvgIpc) is 2.88. The number of benzene rings is 3. The number of methoxy groups -OCH3 is 3. The Labute approximate surface area is 206 Å². The summed E-state index contributed by atoms with van der Waals surface area (Å²) in [7, 11) is 4.47. The summed E-state index contributed by atoms with van der Waals surface area (Å²) in [5, 5.41) is 0.846. The van der Waals surface area contributed by atoms with Crippen molar-refractivity contribution >= 4 is 34.5 Å². The topological polar surface area (TPSA) is 91.7 Å². The van der Waals surface area contributed by atoms with Crippen molar-refractivity contribution in [2.75, 3.05) is 26.8 Å². The van der Waals surface area contributed by atoms with Crippen molar-refractivity contribution in [2.45, 2.75) is 0 Å². The van der Waals surface area contributed by atoms with Gasteiger partial charge < -0.3 is 14.2 Å². The van der Waals surface area contributed by atoms with Crippen molar-refractivity contribution in [3.63, 3.8) is 0 Å². The highest BCUT2D eigenvalue weighted by atomic mass is 35.5. The van der Waals surface area contributed by atoms with Crippen molar-refractivity contribution in [2.24, 2.45) is 0 Å². The maximum atomic E-state index is 13.4. The first-order valence-corrected chi connectivity index (χ1v) is 10.9. The molecule has 8 nitrogen and oxygen atoms in total. The highest BCUT2D eigenvalue weighted by molar-refractivity contribution is 6.32. The van der Waals surface area contributed by atoms with Gasteiger partial charge in [0.15, 0.2) is 17.3 Å². The van der Waals surface area contributed by atoms with E-state index in [1.807, 2.05) is 6.07 Å². The summed E-state index contributed by atoms with van der Waals surface area (Å²) in [4.78, 5) is 30.9. The van der Waals surface area contributed by atoms with E-state index < -0.39 is 11.5 Å². The van der Waals surface area contributed by atoms with Crippen LogP contribution in [0.1, 0.15) is 5.56 Å². The number of amides is 1. The van der Waals surface area contributed by atoms with Gasteiger partial charge >= 0.3 is 0 Å². The van der Waals surface area contributed by atoms with Crippen LogP contribution in [0.2, 0.25) is 5.02 Å². The fourth-order valence-electron chi connectivity index (χ4n) is 3.56. The van der Waals surface area contributed by atoms with Crippen LogP contribution in [0, 0.1) is 0 Å². The minimum absolute atomic E-state index is 0.187. The fraction of sp³-hybridized carbons (Fsp3) is 0.115. The monoisotopic (exact) mass is 491 g/mol. The SMILES string of the molecule is COc1cc(-c2nc3ccccc3c(=O)n2NC(=O)C=Cc2ccccc2Cl)cc(OC)c1OC. The average molecular weight is 492 g/mol. The van der Waals surface area contributed by atoms with Crippen molar-refractivity contribution in [1.82, 2.24) is 9.66 Å². The number of hydrogen-bond acceptors (Lipinski definition) is 6. The highest BCUT2D eigenvalue weighted by Crippen LogP contribution is 2.40. The Morgan fingerprint density at radius 2 is 1.63 bits per heavy atom. The Kier molecular flexibility index (Phi) is 7.03. The first-order valence-electron chi connectivity index (χ1n) is 10.5. The van der Waals surface area contributed by atoms with E-state index in [-0.39, 0.29) is 5.82 Å². The standard InChI is InChI=1S/C26H22ClN3O5/c1-33-21-14-17(15-22(34-2)24(21)35-3)25-28-20-11-7-5-9-18(20)26(32)30(25)29-23(31)13-12-16-8-4-6-10-19(16)27/h4-15H,1-3H3,(H,29,31). The van der Waals surface area contributed by atoms with E-state index in [1.54, 1.807) is 60.7 Å². The zero-order valence-corrected chi connectivity index (χ0v) is 20.0. The van der Waals surface area contributed by atoms with E-state index in [0.29, 0.717) is 44.3 Å². The van der Waals surface area contributed by atoms with Crippen LogP contribution in [0.25, 0.3) is 28.4 Å². The van der Waals surface area contributed by atoms with E-state index in [2.05, 4.69) is 10.4 Å². The Balaban J connectivity index is 1.85. The molecule has 3 aromatic carbocycles. The molecule has 4 aromatic rings. The van der Waals surface area contributed by atoms with Crippen LogP contribution in [-0.2, 0) is 4.79 Å². The lowest BCUT2D eigenvalue weighted by Gasteiger charge is -2.17. The van der Waals surface area contributed by atoms with Gasteiger partial charge in [0, 0.05) is 16.7 Å². The molecular formula is C26H22ClN3O5. The van der Waals surface area contributed by atoms with Gasteiger partial charge in [0.05, 0.1) is 32.2 Å². The van der Waals surface area contributed by atoms with Gasteiger partial charge in [0.2, 0.25) is 5.75 Å². The molecule has 0 saturated heterocycles. The van der Waals surface area contributed by atoms with Crippen LogP contribution in [-0.4, -0.2) is 36.9 Å². The molecule has 0 radical (unpaired) electrons. The first-order chi connectivity index (χ1) is 17.0. The molecule has 0 fully saturated rings. The molecule has 0 aliphatic heterocycles. The molecule has 35 heavy (non-hydrogen) atoms. The van der Waals surface area contributed by atoms with E-state index in [9.17, 15) is 9.59 Å². The van der Waals surface area contributed by atoms with E-state index in [1.165, 1.54) is 27.4 Å². The second-order valence-electron chi connectivity index (χ2n) is 7.34. The summed E-state index contributed by atoms with van der Waals surface area (Å²) < 4.78 is 17.4. The molecule has 0 saturated carbocycles. The van der Waals surface area contributed by atoms with Gasteiger partial charge in [-0.05, 0) is 42.0 Å². The molecule has 0 aliphatic rings. The molecular weight excluding hydrogens is 470 g/mol. The van der Waals surface area contributed by atoms with Crippen LogP contribution in [0.15, 0.2) is 71.5 Å². The van der Waals surface area contributed by atoms with Crippen LogP contribution >= 0.6 is 11.6 Å². The van der Waals surface area contributed by atoms with Crippen molar-refractivity contribution in [3.05, 3.63) is 87.7 Å². The van der Waals surface area contributed by atoms with Crippen LogP contribution in [0.5, 0.6) is 17.2 Å². The number of aromatic nitrogens is 2. The van der Waals surface area contributed by atoms with Gasteiger partial charge in [-0.1, -0.05) is 41.9 Å². The lowest BCUT2D eigenvalue weighted by molar-refractivity contribution is -0.112. The van der Waals surface area contributed by atoms with Gasteiger partial charge in [-0.2, -0.15) is 4.68 Å². The van der Waals surface area contributed by atoms with Crippen molar-refractivity contribution in [1.29, 1.82) is 0 Å². The fourth-order valence-corrected chi connectivity index (χ4v) is 3.76. The summed E-state index contributed by atoms with van der Waals surface area (Å²) in [6.07, 6.45) is 2.86. The van der Waals surface area contributed by atoms with Crippen molar-refractivity contribution in [3.8, 4) is 28.6 Å². The van der Waals surface area contributed by atoms with Crippen LogP contribution in [0.3, 0.4) is 0 Å². The predicted molar refractivity (Wildman–Crippen MR) is 136 cm³/mol. The Hall–Kier alpha value is -4.30. The van der Waals surface area contributed by atoms with Crippen LogP contribution < -0.4 is 25.2 Å². The minimum atomic E-state index is -0.544. The zero-order chi connectivity index (χ0) is 24.9. The Bertz CT molecular complexity index is 1470. The molecule has 0 spiro atoms. The molecule has 0 aliphatic carbocycles. The number of para-hydroxylation sites is 1. The van der Waals surface area contributed by atoms with Gasteiger partial charge in [0.25, 0.3) is 11.5 Å². The lowest BCUT2D eigenvalue weighted by atomic mass is 10.1. The third-order valence-corrected chi connectivity index (χ3v) is 5.58. The number of carbonyl (C=O) groups is 1. The number of ether oxygens (including phenoxy) is 3. The first kappa shape index (κ1) is 23.8. The maximum Gasteiger partial charge on any atom is 0.280 e. The normalized spacial score (nSPS) is 11.0. The molecule has 0 atom stereocenters. The molecule has 1 heterocycles. The maximum absolute atomic E-state index is 13.4. The smallest absolute Gasteiger partial charge is 0.280 e. The van der Waals surface area contributed by atoms with Crippen LogP contribution in [0.4, 0.5) is 0 Å². The molecule has 178 valence electrons. The third kappa shape index (κ3) is 4.83. The van der Waals surface area contributed by atoms with Gasteiger partial charge in [0.1, 0.15) is 0 Å². The van der Waals surface area contributed by atoms with Crippen molar-refractivity contribution < 1.29 is 19.0 Å². The summed E-state index contributed by atoms with van der Waals surface area (Å²) in [5.74, 6) is 0.784. The molecule has 0 unspecified atom stereocenters. The molecule has 0 bridgehead atoms. The number of nitrogens with zero attached hydrogens (tertiary/aromatic N) is 2. The largest absolute Gasteiger partial charge is 0.493 e. The van der Waals surface area contributed by atoms with E-state index in [0.717, 1.165) is 4.68 Å². The number of nitrogens with one attached hydrogen (secondary N) is 1. The second kappa shape index (κ2) is 10.3. The molecule has 1 aromatic heterocycles. The van der Waals surface area contributed by atoms with Gasteiger partial charge in [-0.15, -0.1) is 0 Å². The summed E-state index contributed by atoms with van der Waals surface area (Å²) in [6, 6.07) is 17.3. The minimum Gasteiger partial charge on any atom is -0.493 e. The Morgan fingerprint density at radius 3 is 2.29 bits per heavy atom. The number of halogens is 1. The van der Waals surface area contributed by atoms with Gasteiger partial charge in [-0.3, -0.25) is 15.0 Å². The predicted octanol–water partition coefficient (Wildman–Crippen LogP) is 4.53. The number of fused-ring (bicyclic) bond motifs is 1. The van der Waals surface area contributed by atoms with E-state index >= 15 is 0 Å². The molecule has 9 heteroatoms. The summed E-state index contributed by atoms with van der Waals surface area (Å²) >= 11 is 6.16. The number of carbonyl (C=O) groups excluding carboxylic acids is 1.